The van der Waals surface area contributed by atoms with Crippen molar-refractivity contribution in [3.63, 3.8) is 0 Å². The lowest BCUT2D eigenvalue weighted by molar-refractivity contribution is 0.652. The maximum Gasteiger partial charge on any atom is 0.174 e. The highest BCUT2D eigenvalue weighted by atomic mass is 28.3. The molecule has 0 fully saturated rings. The first-order valence-corrected chi connectivity index (χ1v) is 4.88. The van der Waals surface area contributed by atoms with Crippen LogP contribution in [0.5, 0.6) is 0 Å². The van der Waals surface area contributed by atoms with Crippen molar-refractivity contribution in [3.8, 4) is 0 Å². The Hall–Kier alpha value is 0.394. The van der Waals surface area contributed by atoms with Gasteiger partial charge in [-0.25, -0.2) is 0 Å². The van der Waals surface area contributed by atoms with E-state index in [-0.39, 0.29) is 0 Å². The van der Waals surface area contributed by atoms with E-state index >= 15 is 0 Å². The van der Waals surface area contributed by atoms with Gasteiger partial charge in [-0.1, -0.05) is 0 Å². The maximum atomic E-state index is 5.00. The summed E-state index contributed by atoms with van der Waals surface area (Å²) in [5.74, 6) is 0. The van der Waals surface area contributed by atoms with E-state index < -0.39 is 0 Å². The Bertz CT molecular complexity index is 15.1. The van der Waals surface area contributed by atoms with Crippen molar-refractivity contribution in [1.82, 2.24) is 0 Å². The zero-order chi connectivity index (χ0) is 4.12. The minimum atomic E-state index is 0.323. The first-order chi connectivity index (χ1) is 2.41. The van der Waals surface area contributed by atoms with Crippen LogP contribution in [0.2, 0.25) is 13.1 Å². The molecule has 3 heteroatoms. The lowest BCUT2D eigenvalue weighted by Crippen LogP contribution is -1.92. The van der Waals surface area contributed by atoms with Crippen molar-refractivity contribution in [3.05, 3.63) is 0 Å². The summed E-state index contributed by atoms with van der Waals surface area (Å²) in [6.45, 7) is 4.19. The van der Waals surface area contributed by atoms with Crippen LogP contribution in [0.4, 0.5) is 0 Å². The Balaban J connectivity index is 2.19. The van der Waals surface area contributed by atoms with E-state index in [1.165, 1.54) is 0 Å². The Kier molecular flexibility index (Phi) is 4.74. The molecule has 0 amide bonds. The summed E-state index contributed by atoms with van der Waals surface area (Å²) >= 11 is 0. The molecular weight excluding hydrogens is 96.2 g/mol. The molecule has 0 aliphatic carbocycles. The molecule has 0 aromatic rings. The maximum absolute atomic E-state index is 5.00. The topological polar surface area (TPSA) is 9.23 Å². The molecule has 0 bridgehead atoms. The van der Waals surface area contributed by atoms with E-state index in [1.807, 2.05) is 0 Å². The third-order valence-electron chi connectivity index (χ3n) is 0.272. The fourth-order valence-electron chi connectivity index (χ4n) is 0.136. The molecule has 5 heavy (non-hydrogen) atoms. The van der Waals surface area contributed by atoms with Gasteiger partial charge in [-0.2, -0.15) is 0 Å². The lowest BCUT2D eigenvalue weighted by atomic mass is 11.9. The molecule has 30 valence electrons. The molecule has 0 saturated heterocycles. The van der Waals surface area contributed by atoms with Gasteiger partial charge in [-0.3, -0.25) is 0 Å². The predicted octanol–water partition coefficient (Wildman–Crippen LogP) is -0.198. The normalized spacial score (nSPS) is 8.40. The van der Waals surface area contributed by atoms with Gasteiger partial charge in [0.2, 0.25) is 0 Å². The Labute approximate surface area is 37.6 Å². The molecule has 0 saturated carbocycles. The standard InChI is InChI=1S/C2H8OSi2/c1-4-3-5-2/h4-5H,1-2H3. The van der Waals surface area contributed by atoms with E-state index in [0.29, 0.717) is 19.5 Å². The Morgan fingerprint density at radius 3 is 1.60 bits per heavy atom. The van der Waals surface area contributed by atoms with Gasteiger partial charge in [0.1, 0.15) is 0 Å². The Morgan fingerprint density at radius 2 is 1.60 bits per heavy atom. The van der Waals surface area contributed by atoms with Crippen LogP contribution in [0.25, 0.3) is 0 Å². The highest BCUT2D eigenvalue weighted by Crippen LogP contribution is 1.58. The van der Waals surface area contributed by atoms with Gasteiger partial charge in [-0.15, -0.1) is 0 Å². The molecule has 0 aromatic carbocycles. The zero-order valence-corrected chi connectivity index (χ0v) is 5.87. The highest BCUT2D eigenvalue weighted by molar-refractivity contribution is 6.40. The van der Waals surface area contributed by atoms with E-state index in [1.54, 1.807) is 0 Å². The third kappa shape index (κ3) is 4.39. The molecule has 0 aromatic heterocycles. The predicted molar refractivity (Wildman–Crippen MR) is 27.1 cm³/mol. The SMILES string of the molecule is C[SiH]O[SiH]C. The fourth-order valence-corrected chi connectivity index (χ4v) is 1.22. The summed E-state index contributed by atoms with van der Waals surface area (Å²) in [5, 5.41) is 0. The summed E-state index contributed by atoms with van der Waals surface area (Å²) in [6, 6.07) is 0. The molecule has 0 spiro atoms. The minimum Gasteiger partial charge on any atom is -0.461 e. The quantitative estimate of drug-likeness (QED) is 0.441. The average molecular weight is 104 g/mol. The molecule has 0 heterocycles. The molecule has 0 atom stereocenters. The van der Waals surface area contributed by atoms with Crippen LogP contribution < -0.4 is 0 Å². The van der Waals surface area contributed by atoms with Gasteiger partial charge < -0.3 is 4.12 Å². The lowest BCUT2D eigenvalue weighted by Gasteiger charge is -1.84. The number of hydrogen-bond donors (Lipinski definition) is 0. The second kappa shape index (κ2) is 4.39. The second-order valence-electron chi connectivity index (χ2n) is 0.607. The number of rotatable bonds is 2. The average Bonchev–Trinajstić information content (AvgIpc) is 1.41. The van der Waals surface area contributed by atoms with Crippen LogP contribution in [0, 0.1) is 0 Å². The summed E-state index contributed by atoms with van der Waals surface area (Å²) in [5.41, 5.74) is 0. The van der Waals surface area contributed by atoms with Gasteiger partial charge in [0.05, 0.1) is 0 Å². The first-order valence-electron chi connectivity index (χ1n) is 1.63. The van der Waals surface area contributed by atoms with E-state index in [4.69, 9.17) is 4.12 Å². The van der Waals surface area contributed by atoms with Crippen molar-refractivity contribution < 1.29 is 4.12 Å². The van der Waals surface area contributed by atoms with Gasteiger partial charge in [-0.05, 0) is 13.1 Å². The summed E-state index contributed by atoms with van der Waals surface area (Å²) < 4.78 is 5.00. The van der Waals surface area contributed by atoms with Crippen LogP contribution in [-0.2, 0) is 4.12 Å². The minimum absolute atomic E-state index is 0.323. The highest BCUT2D eigenvalue weighted by Gasteiger charge is 1.69. The van der Waals surface area contributed by atoms with Gasteiger partial charge in [0.15, 0.2) is 19.5 Å². The zero-order valence-electron chi connectivity index (χ0n) is 3.56. The molecule has 0 aliphatic heterocycles. The molecule has 2 radical (unpaired) electrons. The van der Waals surface area contributed by atoms with Crippen molar-refractivity contribution in [2.75, 3.05) is 0 Å². The fraction of sp³-hybridized carbons (Fsp3) is 1.00. The largest absolute Gasteiger partial charge is 0.461 e. The summed E-state index contributed by atoms with van der Waals surface area (Å²) in [6.07, 6.45) is 0. The van der Waals surface area contributed by atoms with Crippen LogP contribution in [-0.4, -0.2) is 19.5 Å². The Morgan fingerprint density at radius 1 is 1.20 bits per heavy atom. The molecular formula is C2H8OSi2. The van der Waals surface area contributed by atoms with Crippen molar-refractivity contribution in [1.29, 1.82) is 0 Å². The number of hydrogen-bond acceptors (Lipinski definition) is 1. The molecule has 0 unspecified atom stereocenters. The second-order valence-corrected chi connectivity index (χ2v) is 2.64. The summed E-state index contributed by atoms with van der Waals surface area (Å²) in [4.78, 5) is 0. The van der Waals surface area contributed by atoms with E-state index in [0.717, 1.165) is 0 Å². The monoisotopic (exact) mass is 104 g/mol. The molecule has 0 aliphatic rings. The van der Waals surface area contributed by atoms with Crippen LogP contribution in [0.15, 0.2) is 0 Å². The van der Waals surface area contributed by atoms with Crippen molar-refractivity contribution in [2.45, 2.75) is 13.1 Å². The van der Waals surface area contributed by atoms with Crippen molar-refractivity contribution in [2.24, 2.45) is 0 Å². The molecule has 0 N–H and O–H groups in total. The van der Waals surface area contributed by atoms with Gasteiger partial charge in [0.25, 0.3) is 0 Å². The smallest absolute Gasteiger partial charge is 0.174 e. The van der Waals surface area contributed by atoms with Crippen molar-refractivity contribution >= 4 is 19.5 Å². The van der Waals surface area contributed by atoms with Gasteiger partial charge >= 0.3 is 0 Å². The van der Waals surface area contributed by atoms with Crippen LogP contribution in [0.1, 0.15) is 0 Å². The van der Waals surface area contributed by atoms with E-state index in [2.05, 4.69) is 13.1 Å². The molecule has 1 nitrogen and oxygen atoms in total. The molecule has 0 rings (SSSR count). The van der Waals surface area contributed by atoms with Crippen LogP contribution >= 0.6 is 0 Å². The third-order valence-corrected chi connectivity index (χ3v) is 2.45. The summed E-state index contributed by atoms with van der Waals surface area (Å²) in [7, 11) is 0.646. The van der Waals surface area contributed by atoms with Gasteiger partial charge in [0, 0.05) is 0 Å². The first kappa shape index (κ1) is 5.39. The van der Waals surface area contributed by atoms with E-state index in [9.17, 15) is 0 Å². The van der Waals surface area contributed by atoms with Crippen LogP contribution in [0.3, 0.4) is 0 Å².